The van der Waals surface area contributed by atoms with Gasteiger partial charge in [0.25, 0.3) is 0 Å². The molecular weight excluding hydrogens is 453 g/mol. The molecule has 0 saturated carbocycles. The smallest absolute Gasteiger partial charge is 0.194 e. The lowest BCUT2D eigenvalue weighted by Gasteiger charge is -2.36. The van der Waals surface area contributed by atoms with Crippen molar-refractivity contribution in [3.8, 4) is 0 Å². The van der Waals surface area contributed by atoms with Gasteiger partial charge >= 0.3 is 0 Å². The minimum absolute atomic E-state index is 0. The van der Waals surface area contributed by atoms with Crippen LogP contribution in [0.5, 0.6) is 0 Å². The van der Waals surface area contributed by atoms with Crippen molar-refractivity contribution in [3.05, 3.63) is 35.9 Å². The Hall–Kier alpha value is -0.900. The predicted octanol–water partition coefficient (Wildman–Crippen LogP) is 1.97. The highest BCUT2D eigenvalue weighted by molar-refractivity contribution is 14.0. The number of ether oxygens (including phenoxy) is 1. The summed E-state index contributed by atoms with van der Waals surface area (Å²) in [5.74, 6) is 1.05. The number of rotatable bonds is 9. The molecule has 1 aliphatic rings. The molecule has 0 aliphatic carbocycles. The van der Waals surface area contributed by atoms with Crippen molar-refractivity contribution in [1.82, 2.24) is 20.0 Å². The minimum atomic E-state index is 0. The van der Waals surface area contributed by atoms with Crippen molar-refractivity contribution in [1.29, 1.82) is 0 Å². The summed E-state index contributed by atoms with van der Waals surface area (Å²) in [5, 5.41) is 3.45. The third-order valence-corrected chi connectivity index (χ3v) is 4.68. The van der Waals surface area contributed by atoms with Gasteiger partial charge in [-0.25, -0.2) is 0 Å². The predicted molar refractivity (Wildman–Crippen MR) is 124 cm³/mol. The molecule has 0 aromatic heterocycles. The summed E-state index contributed by atoms with van der Waals surface area (Å²) in [7, 11) is 3.86. The zero-order valence-corrected chi connectivity index (χ0v) is 19.4. The molecular formula is C20H36IN5O. The van der Waals surface area contributed by atoms with Crippen LogP contribution in [0.15, 0.2) is 35.3 Å². The molecule has 0 spiro atoms. The van der Waals surface area contributed by atoms with E-state index in [-0.39, 0.29) is 24.0 Å². The quantitative estimate of drug-likeness (QED) is 0.327. The number of nitrogens with one attached hydrogen (secondary N) is 1. The zero-order valence-electron chi connectivity index (χ0n) is 17.1. The fourth-order valence-corrected chi connectivity index (χ4v) is 3.07. The van der Waals surface area contributed by atoms with Gasteiger partial charge in [0.1, 0.15) is 0 Å². The van der Waals surface area contributed by atoms with E-state index in [2.05, 4.69) is 64.3 Å². The molecule has 0 bridgehead atoms. The lowest BCUT2D eigenvalue weighted by molar-refractivity contribution is 0.162. The van der Waals surface area contributed by atoms with Crippen molar-refractivity contribution in [3.63, 3.8) is 0 Å². The van der Waals surface area contributed by atoms with Gasteiger partial charge in [0.2, 0.25) is 0 Å². The van der Waals surface area contributed by atoms with Crippen molar-refractivity contribution >= 4 is 29.9 Å². The first-order chi connectivity index (χ1) is 12.7. The maximum atomic E-state index is 5.12. The number of nitrogens with zero attached hydrogens (tertiary/aromatic N) is 4. The van der Waals surface area contributed by atoms with E-state index in [0.29, 0.717) is 0 Å². The van der Waals surface area contributed by atoms with E-state index in [0.717, 1.165) is 71.5 Å². The van der Waals surface area contributed by atoms with Gasteiger partial charge in [-0.1, -0.05) is 30.3 Å². The Balaban J connectivity index is 0.00000364. The van der Waals surface area contributed by atoms with Crippen molar-refractivity contribution < 1.29 is 4.74 Å². The molecule has 1 N–H and O–H groups in total. The van der Waals surface area contributed by atoms with Crippen LogP contribution in [-0.4, -0.2) is 93.8 Å². The maximum absolute atomic E-state index is 5.12. The Kier molecular flexibility index (Phi) is 12.6. The van der Waals surface area contributed by atoms with Crippen LogP contribution < -0.4 is 5.32 Å². The molecule has 7 heteroatoms. The third-order valence-electron chi connectivity index (χ3n) is 4.68. The first kappa shape index (κ1) is 24.1. The molecule has 1 aliphatic heterocycles. The van der Waals surface area contributed by atoms with Crippen LogP contribution in [0.4, 0.5) is 0 Å². The molecule has 27 heavy (non-hydrogen) atoms. The molecule has 1 aromatic carbocycles. The number of methoxy groups -OCH3 is 1. The number of hydrogen-bond acceptors (Lipinski definition) is 4. The van der Waals surface area contributed by atoms with E-state index in [1.165, 1.54) is 5.56 Å². The Morgan fingerprint density at radius 3 is 2.48 bits per heavy atom. The average Bonchev–Trinajstić information content (AvgIpc) is 2.67. The van der Waals surface area contributed by atoms with E-state index in [1.54, 1.807) is 7.11 Å². The third kappa shape index (κ3) is 9.23. The molecule has 1 saturated heterocycles. The molecule has 0 amide bonds. The van der Waals surface area contributed by atoms with E-state index in [1.807, 2.05) is 0 Å². The molecule has 1 fully saturated rings. The van der Waals surface area contributed by atoms with Gasteiger partial charge in [-0.3, -0.25) is 9.89 Å². The summed E-state index contributed by atoms with van der Waals surface area (Å²) in [6.45, 7) is 11.8. The summed E-state index contributed by atoms with van der Waals surface area (Å²) in [5.41, 5.74) is 1.39. The maximum Gasteiger partial charge on any atom is 0.194 e. The molecule has 2 rings (SSSR count). The van der Waals surface area contributed by atoms with Crippen molar-refractivity contribution in [2.75, 3.05) is 73.1 Å². The van der Waals surface area contributed by atoms with Gasteiger partial charge in [-0.15, -0.1) is 24.0 Å². The van der Waals surface area contributed by atoms with E-state index >= 15 is 0 Å². The number of guanidine groups is 1. The Morgan fingerprint density at radius 2 is 1.85 bits per heavy atom. The number of hydrogen-bond donors (Lipinski definition) is 1. The Bertz CT molecular complexity index is 520. The van der Waals surface area contributed by atoms with Gasteiger partial charge < -0.3 is 19.9 Å². The molecule has 0 atom stereocenters. The second-order valence-electron chi connectivity index (χ2n) is 6.78. The lowest BCUT2D eigenvalue weighted by Crippen LogP contribution is -2.52. The normalized spacial score (nSPS) is 15.7. The van der Waals surface area contributed by atoms with Crippen LogP contribution >= 0.6 is 24.0 Å². The second kappa shape index (κ2) is 14.1. The van der Waals surface area contributed by atoms with Crippen LogP contribution in [0, 0.1) is 0 Å². The van der Waals surface area contributed by atoms with Crippen LogP contribution in [-0.2, 0) is 11.3 Å². The number of halogens is 1. The van der Waals surface area contributed by atoms with Crippen LogP contribution in [0.3, 0.4) is 0 Å². The molecule has 0 radical (unpaired) electrons. The zero-order chi connectivity index (χ0) is 18.6. The monoisotopic (exact) mass is 489 g/mol. The highest BCUT2D eigenvalue weighted by Crippen LogP contribution is 2.08. The molecule has 0 unspecified atom stereocenters. The van der Waals surface area contributed by atoms with E-state index in [9.17, 15) is 0 Å². The summed E-state index contributed by atoms with van der Waals surface area (Å²) in [6.07, 6.45) is 0. The van der Waals surface area contributed by atoms with Gasteiger partial charge in [0.05, 0.1) is 13.2 Å². The first-order valence-corrected chi connectivity index (χ1v) is 9.70. The Morgan fingerprint density at radius 1 is 1.15 bits per heavy atom. The molecule has 1 aromatic rings. The van der Waals surface area contributed by atoms with Gasteiger partial charge in [0.15, 0.2) is 5.96 Å². The molecule has 6 nitrogen and oxygen atoms in total. The number of benzene rings is 1. The summed E-state index contributed by atoms with van der Waals surface area (Å²) in [6, 6.07) is 10.7. The molecule has 154 valence electrons. The van der Waals surface area contributed by atoms with Gasteiger partial charge in [-0.2, -0.15) is 0 Å². The second-order valence-corrected chi connectivity index (χ2v) is 6.78. The lowest BCUT2D eigenvalue weighted by atomic mass is 10.2. The number of likely N-dealkylation sites (N-methyl/N-ethyl adjacent to an activating group) is 1. The number of piperazine rings is 1. The summed E-state index contributed by atoms with van der Waals surface area (Å²) >= 11 is 0. The van der Waals surface area contributed by atoms with Crippen molar-refractivity contribution in [2.45, 2.75) is 13.5 Å². The standard InChI is InChI=1S/C20H35N5O.HI/c1-4-21-20(22-10-11-23(2)16-17-26-3)25-14-12-24(13-15-25)18-19-8-6-5-7-9-19;/h5-9H,4,10-18H2,1-3H3,(H,21,22);1H. The highest BCUT2D eigenvalue weighted by Gasteiger charge is 2.19. The fraction of sp³-hybridized carbons (Fsp3) is 0.650. The SMILES string of the molecule is CCNC(=NCCN(C)CCOC)N1CCN(Cc2ccccc2)CC1.I. The average molecular weight is 489 g/mol. The van der Waals surface area contributed by atoms with Gasteiger partial charge in [0, 0.05) is 59.5 Å². The van der Waals surface area contributed by atoms with Crippen LogP contribution in [0.2, 0.25) is 0 Å². The van der Waals surface area contributed by atoms with Gasteiger partial charge in [-0.05, 0) is 19.5 Å². The van der Waals surface area contributed by atoms with E-state index in [4.69, 9.17) is 9.73 Å². The van der Waals surface area contributed by atoms with E-state index < -0.39 is 0 Å². The largest absolute Gasteiger partial charge is 0.383 e. The summed E-state index contributed by atoms with van der Waals surface area (Å²) in [4.78, 5) is 12.0. The van der Waals surface area contributed by atoms with Crippen LogP contribution in [0.25, 0.3) is 0 Å². The topological polar surface area (TPSA) is 43.3 Å². The first-order valence-electron chi connectivity index (χ1n) is 9.70. The number of aliphatic imine (C=N–C) groups is 1. The van der Waals surface area contributed by atoms with Crippen molar-refractivity contribution in [2.24, 2.45) is 4.99 Å². The summed E-state index contributed by atoms with van der Waals surface area (Å²) < 4.78 is 5.12. The molecule has 1 heterocycles. The Labute approximate surface area is 182 Å². The van der Waals surface area contributed by atoms with Crippen LogP contribution in [0.1, 0.15) is 12.5 Å². The highest BCUT2D eigenvalue weighted by atomic mass is 127. The fourth-order valence-electron chi connectivity index (χ4n) is 3.07. The minimum Gasteiger partial charge on any atom is -0.383 e.